The Labute approximate surface area is 146 Å². The Hall–Kier alpha value is -1.42. The van der Waals surface area contributed by atoms with Gasteiger partial charge in [0.2, 0.25) is 10.0 Å². The van der Waals surface area contributed by atoms with E-state index in [2.05, 4.69) is 5.32 Å². The Bertz CT molecular complexity index is 734. The van der Waals surface area contributed by atoms with Gasteiger partial charge in [-0.15, -0.1) is 12.4 Å². The molecule has 0 bridgehead atoms. The Morgan fingerprint density at radius 3 is 2.71 bits per heavy atom. The minimum atomic E-state index is -3.82. The molecule has 1 aromatic rings. The summed E-state index contributed by atoms with van der Waals surface area (Å²) >= 11 is 0. The van der Waals surface area contributed by atoms with Crippen LogP contribution in [0.25, 0.3) is 0 Å². The number of hydrogen-bond donors (Lipinski definition) is 1. The highest BCUT2D eigenvalue weighted by Crippen LogP contribution is 2.40. The molecule has 0 aromatic heterocycles. The van der Waals surface area contributed by atoms with Crippen molar-refractivity contribution in [3.63, 3.8) is 0 Å². The number of hydrogen-bond acceptors (Lipinski definition) is 6. The molecule has 0 radical (unpaired) electrons. The molecule has 0 aliphatic carbocycles. The molecule has 2 saturated heterocycles. The average Bonchev–Trinajstić information content (AvgIpc) is 3.17. The van der Waals surface area contributed by atoms with Gasteiger partial charge in [0.25, 0.3) is 5.69 Å². The van der Waals surface area contributed by atoms with E-state index < -0.39 is 14.9 Å². The lowest BCUT2D eigenvalue weighted by Gasteiger charge is -2.23. The predicted molar refractivity (Wildman–Crippen MR) is 90.2 cm³/mol. The summed E-state index contributed by atoms with van der Waals surface area (Å²) in [6, 6.07) is 3.64. The number of benzene rings is 1. The van der Waals surface area contributed by atoms with Crippen LogP contribution >= 0.6 is 12.4 Å². The lowest BCUT2D eigenvalue weighted by atomic mass is 9.87. The van der Waals surface area contributed by atoms with Crippen LogP contribution < -0.4 is 10.1 Å². The number of nitrogens with one attached hydrogen (secondary N) is 1. The predicted octanol–water partition coefficient (Wildman–Crippen LogP) is 1.40. The van der Waals surface area contributed by atoms with Crippen molar-refractivity contribution >= 4 is 28.1 Å². The molecule has 1 aromatic carbocycles. The number of nitrogens with zero attached hydrogens (tertiary/aromatic N) is 2. The first kappa shape index (κ1) is 18.9. The highest BCUT2D eigenvalue weighted by atomic mass is 35.5. The minimum Gasteiger partial charge on any atom is -0.495 e. The summed E-state index contributed by atoms with van der Waals surface area (Å²) < 4.78 is 32.4. The molecular weight excluding hydrogens is 358 g/mol. The van der Waals surface area contributed by atoms with Crippen molar-refractivity contribution in [3.05, 3.63) is 28.3 Å². The fourth-order valence-corrected chi connectivity index (χ4v) is 5.09. The lowest BCUT2D eigenvalue weighted by molar-refractivity contribution is -0.385. The third-order valence-corrected chi connectivity index (χ3v) is 6.58. The van der Waals surface area contributed by atoms with E-state index in [4.69, 9.17) is 4.74 Å². The lowest BCUT2D eigenvalue weighted by Crippen LogP contribution is -2.33. The Morgan fingerprint density at radius 2 is 2.12 bits per heavy atom. The van der Waals surface area contributed by atoms with Crippen LogP contribution in [0.15, 0.2) is 23.1 Å². The standard InChI is InChI=1S/C14H19N3O5S.ClH/c1-22-12-3-2-11(17(18)19)8-13(12)23(20,21)16-7-5-14(10-16)4-6-15-9-14;/h2-3,8,15H,4-7,9-10H2,1H3;1H. The summed E-state index contributed by atoms with van der Waals surface area (Å²) in [7, 11) is -2.47. The van der Waals surface area contributed by atoms with Crippen LogP contribution in [0.5, 0.6) is 5.75 Å². The van der Waals surface area contributed by atoms with Gasteiger partial charge in [-0.25, -0.2) is 8.42 Å². The van der Waals surface area contributed by atoms with Crippen LogP contribution in [0.1, 0.15) is 12.8 Å². The number of rotatable bonds is 4. The first-order valence-electron chi connectivity index (χ1n) is 7.41. The van der Waals surface area contributed by atoms with E-state index in [1.54, 1.807) is 0 Å². The van der Waals surface area contributed by atoms with Gasteiger partial charge < -0.3 is 10.1 Å². The molecule has 1 N–H and O–H groups in total. The molecule has 24 heavy (non-hydrogen) atoms. The van der Waals surface area contributed by atoms with E-state index in [9.17, 15) is 18.5 Å². The summed E-state index contributed by atoms with van der Waals surface area (Å²) in [5.41, 5.74) is -0.276. The van der Waals surface area contributed by atoms with E-state index in [-0.39, 0.29) is 34.2 Å². The fourth-order valence-electron chi connectivity index (χ4n) is 3.36. The van der Waals surface area contributed by atoms with E-state index in [1.807, 2.05) is 0 Å². The average molecular weight is 378 g/mol. The van der Waals surface area contributed by atoms with Gasteiger partial charge >= 0.3 is 0 Å². The van der Waals surface area contributed by atoms with Crippen LogP contribution in [0.3, 0.4) is 0 Å². The van der Waals surface area contributed by atoms with Crippen LogP contribution in [0.2, 0.25) is 0 Å². The van der Waals surface area contributed by atoms with E-state index in [1.165, 1.54) is 23.5 Å². The second kappa shape index (κ2) is 6.83. The fraction of sp³-hybridized carbons (Fsp3) is 0.571. The van der Waals surface area contributed by atoms with Crippen molar-refractivity contribution in [2.24, 2.45) is 5.41 Å². The SMILES string of the molecule is COc1ccc([N+](=O)[O-])cc1S(=O)(=O)N1CCC2(CCNC2)C1.Cl. The van der Waals surface area contributed by atoms with Crippen molar-refractivity contribution in [2.45, 2.75) is 17.7 Å². The number of sulfonamides is 1. The van der Waals surface area contributed by atoms with Gasteiger partial charge in [-0.3, -0.25) is 10.1 Å². The normalized spacial score (nSPS) is 24.0. The van der Waals surface area contributed by atoms with Crippen LogP contribution in [-0.2, 0) is 10.0 Å². The molecule has 0 saturated carbocycles. The topological polar surface area (TPSA) is 102 Å². The second-order valence-electron chi connectivity index (χ2n) is 6.11. The number of nitro groups is 1. The zero-order valence-corrected chi connectivity index (χ0v) is 14.9. The molecule has 2 aliphatic heterocycles. The third kappa shape index (κ3) is 3.21. The van der Waals surface area contributed by atoms with Crippen LogP contribution in [-0.4, -0.2) is 50.9 Å². The molecule has 3 rings (SSSR count). The molecule has 1 unspecified atom stereocenters. The molecule has 8 nitrogen and oxygen atoms in total. The van der Waals surface area contributed by atoms with Crippen molar-refractivity contribution in [1.82, 2.24) is 9.62 Å². The molecule has 1 atom stereocenters. The largest absolute Gasteiger partial charge is 0.495 e. The Balaban J connectivity index is 0.00000208. The Morgan fingerprint density at radius 1 is 1.38 bits per heavy atom. The minimum absolute atomic E-state index is 0. The number of ether oxygens (including phenoxy) is 1. The van der Waals surface area contributed by atoms with Gasteiger partial charge in [0.1, 0.15) is 10.6 Å². The van der Waals surface area contributed by atoms with Gasteiger partial charge in [-0.1, -0.05) is 0 Å². The maximum absolute atomic E-state index is 12.9. The molecule has 2 fully saturated rings. The summed E-state index contributed by atoms with van der Waals surface area (Å²) in [6.07, 6.45) is 1.75. The maximum atomic E-state index is 12.9. The van der Waals surface area contributed by atoms with Gasteiger partial charge in [0, 0.05) is 31.8 Å². The smallest absolute Gasteiger partial charge is 0.271 e. The summed E-state index contributed by atoms with van der Waals surface area (Å²) in [4.78, 5) is 10.2. The molecule has 2 aliphatic rings. The summed E-state index contributed by atoms with van der Waals surface area (Å²) in [5, 5.41) is 14.2. The molecule has 1 spiro atoms. The van der Waals surface area contributed by atoms with Gasteiger partial charge in [-0.05, 0) is 30.9 Å². The quantitative estimate of drug-likeness (QED) is 0.628. The third-order valence-electron chi connectivity index (χ3n) is 4.71. The zero-order valence-electron chi connectivity index (χ0n) is 13.2. The zero-order chi connectivity index (χ0) is 16.7. The van der Waals surface area contributed by atoms with E-state index in [0.717, 1.165) is 32.0 Å². The van der Waals surface area contributed by atoms with Crippen molar-refractivity contribution in [3.8, 4) is 5.75 Å². The number of non-ortho nitro benzene ring substituents is 1. The molecule has 134 valence electrons. The first-order valence-corrected chi connectivity index (χ1v) is 8.85. The number of halogens is 1. The maximum Gasteiger partial charge on any atom is 0.271 e. The van der Waals surface area contributed by atoms with Gasteiger partial charge in [-0.2, -0.15) is 4.31 Å². The first-order chi connectivity index (χ1) is 10.9. The van der Waals surface area contributed by atoms with Crippen LogP contribution in [0, 0.1) is 15.5 Å². The molecule has 10 heteroatoms. The van der Waals surface area contributed by atoms with Crippen molar-refractivity contribution in [1.29, 1.82) is 0 Å². The summed E-state index contributed by atoms with van der Waals surface area (Å²) in [6.45, 7) is 2.57. The molecule has 0 amide bonds. The van der Waals surface area contributed by atoms with Crippen molar-refractivity contribution in [2.75, 3.05) is 33.3 Å². The van der Waals surface area contributed by atoms with E-state index in [0.29, 0.717) is 13.1 Å². The van der Waals surface area contributed by atoms with E-state index >= 15 is 0 Å². The summed E-state index contributed by atoms with van der Waals surface area (Å²) in [5.74, 6) is 0.126. The highest BCUT2D eigenvalue weighted by molar-refractivity contribution is 7.89. The van der Waals surface area contributed by atoms with Gasteiger partial charge in [0.05, 0.1) is 12.0 Å². The monoisotopic (exact) mass is 377 g/mol. The van der Waals surface area contributed by atoms with Crippen LogP contribution in [0.4, 0.5) is 5.69 Å². The number of nitro benzene ring substituents is 1. The number of methoxy groups -OCH3 is 1. The van der Waals surface area contributed by atoms with Gasteiger partial charge in [0.15, 0.2) is 0 Å². The Kier molecular flexibility index (Phi) is 5.38. The second-order valence-corrected chi connectivity index (χ2v) is 8.01. The molecular formula is C14H20ClN3O5S. The van der Waals surface area contributed by atoms with Crippen molar-refractivity contribution < 1.29 is 18.1 Å². The molecule has 2 heterocycles. The highest BCUT2D eigenvalue weighted by Gasteiger charge is 2.45.